The molecule has 0 radical (unpaired) electrons. The van der Waals surface area contributed by atoms with Crippen LogP contribution in [0.15, 0.2) is 53.5 Å². The molecule has 164 valence electrons. The van der Waals surface area contributed by atoms with E-state index >= 15 is 0 Å². The Balaban J connectivity index is 1.86. The topological polar surface area (TPSA) is 146 Å². The van der Waals surface area contributed by atoms with Crippen molar-refractivity contribution in [1.82, 2.24) is 14.1 Å². The molecule has 10 heteroatoms. The van der Waals surface area contributed by atoms with Gasteiger partial charge in [0.15, 0.2) is 0 Å². The van der Waals surface area contributed by atoms with E-state index in [1.807, 2.05) is 24.3 Å². The largest absolute Gasteiger partial charge is 0.480 e. The zero-order valence-electron chi connectivity index (χ0n) is 17.3. The number of nitrogens with zero attached hydrogens (tertiary/aromatic N) is 4. The molecule has 2 aromatic heterocycles. The van der Waals surface area contributed by atoms with Gasteiger partial charge in [-0.05, 0) is 31.0 Å². The minimum absolute atomic E-state index is 0.0787. The summed E-state index contributed by atoms with van der Waals surface area (Å²) in [5.74, 6) is -1.08. The Labute approximate surface area is 181 Å². The molecule has 0 saturated heterocycles. The molecule has 0 aliphatic heterocycles. The second kappa shape index (κ2) is 8.23. The molecular formula is C22H21N5O5. The Morgan fingerprint density at radius 3 is 2.72 bits per heavy atom. The van der Waals surface area contributed by atoms with E-state index in [0.29, 0.717) is 40.5 Å². The van der Waals surface area contributed by atoms with Crippen LogP contribution in [0.25, 0.3) is 33.2 Å². The fourth-order valence-corrected chi connectivity index (χ4v) is 3.83. The summed E-state index contributed by atoms with van der Waals surface area (Å²) in [7, 11) is 1.67. The molecule has 0 fully saturated rings. The average Bonchev–Trinajstić information content (AvgIpc) is 3.13. The predicted octanol–water partition coefficient (Wildman–Crippen LogP) is 2.66. The van der Waals surface area contributed by atoms with Crippen LogP contribution in [0.1, 0.15) is 12.8 Å². The van der Waals surface area contributed by atoms with Crippen molar-refractivity contribution in [2.75, 3.05) is 0 Å². The monoisotopic (exact) mass is 435 g/mol. The maximum atomic E-state index is 13.1. The highest BCUT2D eigenvalue weighted by Gasteiger charge is 2.19. The van der Waals surface area contributed by atoms with E-state index in [1.54, 1.807) is 23.9 Å². The van der Waals surface area contributed by atoms with E-state index in [-0.39, 0.29) is 23.4 Å². The Morgan fingerprint density at radius 2 is 2.00 bits per heavy atom. The first-order chi connectivity index (χ1) is 15.3. The Hall–Kier alpha value is -4.05. The van der Waals surface area contributed by atoms with Crippen LogP contribution in [0, 0.1) is 10.1 Å². The van der Waals surface area contributed by atoms with Crippen LogP contribution in [0.3, 0.4) is 0 Å². The summed E-state index contributed by atoms with van der Waals surface area (Å²) in [6.45, 7) is 0.381. The number of carbonyl (C=O) groups is 1. The van der Waals surface area contributed by atoms with Crippen molar-refractivity contribution in [2.24, 2.45) is 12.8 Å². The molecule has 0 aliphatic carbocycles. The fraction of sp³-hybridized carbons (Fsp3) is 0.227. The lowest BCUT2D eigenvalue weighted by Crippen LogP contribution is -2.30. The Kier molecular flexibility index (Phi) is 5.45. The number of hydrogen-bond acceptors (Lipinski definition) is 6. The van der Waals surface area contributed by atoms with Crippen molar-refractivity contribution >= 4 is 33.6 Å². The minimum atomic E-state index is -1.08. The van der Waals surface area contributed by atoms with E-state index in [0.717, 1.165) is 0 Å². The third kappa shape index (κ3) is 3.71. The number of hydrogen-bond donors (Lipinski definition) is 2. The smallest absolute Gasteiger partial charge is 0.320 e. The van der Waals surface area contributed by atoms with Crippen LogP contribution in [-0.4, -0.2) is 36.2 Å². The quantitative estimate of drug-likeness (QED) is 0.335. The Morgan fingerprint density at radius 1 is 1.25 bits per heavy atom. The predicted molar refractivity (Wildman–Crippen MR) is 119 cm³/mol. The molecule has 10 nitrogen and oxygen atoms in total. The van der Waals surface area contributed by atoms with Gasteiger partial charge in [-0.1, -0.05) is 12.1 Å². The van der Waals surface area contributed by atoms with E-state index in [1.165, 1.54) is 16.7 Å². The number of nitrogens with two attached hydrogens (primary N) is 1. The van der Waals surface area contributed by atoms with Crippen molar-refractivity contribution in [3.8, 4) is 11.3 Å². The first kappa shape index (κ1) is 21.2. The van der Waals surface area contributed by atoms with Gasteiger partial charge in [0.1, 0.15) is 11.7 Å². The zero-order valence-corrected chi connectivity index (χ0v) is 17.3. The highest BCUT2D eigenvalue weighted by Crippen LogP contribution is 2.31. The Bertz CT molecular complexity index is 1420. The normalized spacial score (nSPS) is 12.3. The van der Waals surface area contributed by atoms with Crippen molar-refractivity contribution < 1.29 is 14.8 Å². The van der Waals surface area contributed by atoms with Crippen LogP contribution in [-0.2, 0) is 18.4 Å². The summed E-state index contributed by atoms with van der Waals surface area (Å²) >= 11 is 0. The number of nitro groups is 1. The molecule has 2 aromatic carbocycles. The number of para-hydroxylation sites is 2. The van der Waals surface area contributed by atoms with Gasteiger partial charge in [0.25, 0.3) is 11.2 Å². The number of non-ortho nitro benzene ring substituents is 1. The third-order valence-corrected chi connectivity index (χ3v) is 5.55. The SMILES string of the molecule is Cn1c(=O)c(-c2cn(CCCC(N)C(=O)O)c3cc([N+](=O)[O-])ccc23)nc2ccccc21. The molecule has 2 heterocycles. The van der Waals surface area contributed by atoms with Crippen LogP contribution < -0.4 is 11.3 Å². The average molecular weight is 435 g/mol. The summed E-state index contributed by atoms with van der Waals surface area (Å²) in [6.07, 6.45) is 2.43. The van der Waals surface area contributed by atoms with Crippen LogP contribution >= 0.6 is 0 Å². The number of aliphatic carboxylic acids is 1. The second-order valence-corrected chi connectivity index (χ2v) is 7.59. The number of aryl methyl sites for hydroxylation is 2. The molecule has 3 N–H and O–H groups in total. The number of rotatable bonds is 7. The van der Waals surface area contributed by atoms with Gasteiger partial charge in [-0.3, -0.25) is 19.7 Å². The van der Waals surface area contributed by atoms with E-state index < -0.39 is 16.9 Å². The van der Waals surface area contributed by atoms with Gasteiger partial charge in [-0.15, -0.1) is 0 Å². The molecule has 4 aromatic rings. The van der Waals surface area contributed by atoms with Gasteiger partial charge in [0.2, 0.25) is 0 Å². The summed E-state index contributed by atoms with van der Waals surface area (Å²) in [5.41, 5.74) is 7.94. The van der Waals surface area contributed by atoms with Gasteiger partial charge in [-0.2, -0.15) is 0 Å². The first-order valence-corrected chi connectivity index (χ1v) is 9.99. The molecule has 4 rings (SSSR count). The molecule has 0 aliphatic rings. The van der Waals surface area contributed by atoms with Crippen LogP contribution in [0.5, 0.6) is 0 Å². The van der Waals surface area contributed by atoms with E-state index in [2.05, 4.69) is 4.98 Å². The maximum absolute atomic E-state index is 13.1. The molecule has 0 amide bonds. The number of nitro benzene ring substituents is 1. The fourth-order valence-electron chi connectivity index (χ4n) is 3.83. The van der Waals surface area contributed by atoms with Gasteiger partial charge in [0, 0.05) is 42.9 Å². The lowest BCUT2D eigenvalue weighted by atomic mass is 10.1. The van der Waals surface area contributed by atoms with Crippen LogP contribution in [0.4, 0.5) is 5.69 Å². The van der Waals surface area contributed by atoms with Crippen LogP contribution in [0.2, 0.25) is 0 Å². The highest BCUT2D eigenvalue weighted by molar-refractivity contribution is 5.97. The zero-order chi connectivity index (χ0) is 23.0. The summed E-state index contributed by atoms with van der Waals surface area (Å²) in [4.78, 5) is 39.5. The molecule has 0 spiro atoms. The molecule has 1 unspecified atom stereocenters. The first-order valence-electron chi connectivity index (χ1n) is 9.99. The molecular weight excluding hydrogens is 414 g/mol. The number of aromatic nitrogens is 3. The molecule has 0 saturated carbocycles. The number of carboxylic acids is 1. The van der Waals surface area contributed by atoms with Crippen molar-refractivity contribution in [1.29, 1.82) is 0 Å². The number of fused-ring (bicyclic) bond motifs is 2. The standard InChI is InChI=1S/C22H21N5O5/c1-25-18-7-3-2-6-17(18)24-20(21(25)28)15-12-26(10-4-5-16(23)22(29)30)19-11-13(27(31)32)8-9-14(15)19/h2-3,6-9,11-12,16H,4-5,10,23H2,1H3,(H,29,30). The number of carboxylic acid groups (broad SMARTS) is 1. The molecule has 0 bridgehead atoms. The van der Waals surface area contributed by atoms with Gasteiger partial charge in [0.05, 0.1) is 21.5 Å². The summed E-state index contributed by atoms with van der Waals surface area (Å²) in [5, 5.41) is 20.9. The van der Waals surface area contributed by atoms with Crippen molar-refractivity contribution in [3.05, 3.63) is 69.1 Å². The van der Waals surface area contributed by atoms with Gasteiger partial charge in [-0.25, -0.2) is 4.98 Å². The lowest BCUT2D eigenvalue weighted by molar-refractivity contribution is -0.384. The number of benzene rings is 2. The summed E-state index contributed by atoms with van der Waals surface area (Å²) in [6, 6.07) is 10.8. The van der Waals surface area contributed by atoms with E-state index in [4.69, 9.17) is 10.8 Å². The van der Waals surface area contributed by atoms with E-state index in [9.17, 15) is 19.7 Å². The lowest BCUT2D eigenvalue weighted by Gasteiger charge is -2.08. The molecule has 32 heavy (non-hydrogen) atoms. The minimum Gasteiger partial charge on any atom is -0.480 e. The second-order valence-electron chi connectivity index (χ2n) is 7.59. The maximum Gasteiger partial charge on any atom is 0.320 e. The summed E-state index contributed by atoms with van der Waals surface area (Å²) < 4.78 is 3.31. The van der Waals surface area contributed by atoms with Gasteiger partial charge < -0.3 is 20.0 Å². The van der Waals surface area contributed by atoms with Crippen molar-refractivity contribution in [3.63, 3.8) is 0 Å². The van der Waals surface area contributed by atoms with Gasteiger partial charge >= 0.3 is 5.97 Å². The van der Waals surface area contributed by atoms with Crippen molar-refractivity contribution in [2.45, 2.75) is 25.4 Å². The third-order valence-electron chi connectivity index (χ3n) is 5.55. The highest BCUT2D eigenvalue weighted by atomic mass is 16.6. The molecule has 1 atom stereocenters.